The number of hydrogen-bond acceptors (Lipinski definition) is 4. The Bertz CT molecular complexity index is 491. The maximum absolute atomic E-state index is 5.50. The van der Waals surface area contributed by atoms with Crippen molar-refractivity contribution in [3.8, 4) is 11.3 Å². The summed E-state index contributed by atoms with van der Waals surface area (Å²) >= 11 is 0. The van der Waals surface area contributed by atoms with Gasteiger partial charge in [0.15, 0.2) is 0 Å². The quantitative estimate of drug-likeness (QED) is 0.881. The number of aromatic nitrogens is 1. The van der Waals surface area contributed by atoms with Gasteiger partial charge in [0.05, 0.1) is 6.10 Å². The number of nitrogens with two attached hydrogens (primary N) is 1. The van der Waals surface area contributed by atoms with Crippen molar-refractivity contribution in [1.82, 2.24) is 5.16 Å². The highest BCUT2D eigenvalue weighted by Gasteiger charge is 2.05. The Morgan fingerprint density at radius 2 is 2.06 bits per heavy atom. The molecule has 0 aliphatic carbocycles. The predicted octanol–water partition coefficient (Wildman–Crippen LogP) is 2.89. The highest BCUT2D eigenvalue weighted by Crippen LogP contribution is 2.21. The zero-order valence-corrected chi connectivity index (χ0v) is 10.7. The average molecular weight is 246 g/mol. The minimum Gasteiger partial charge on any atom is -0.382 e. The lowest BCUT2D eigenvalue weighted by Gasteiger charge is -2.08. The summed E-state index contributed by atoms with van der Waals surface area (Å²) in [4.78, 5) is 0. The molecule has 2 aromatic rings. The second-order valence-electron chi connectivity index (χ2n) is 4.40. The van der Waals surface area contributed by atoms with E-state index >= 15 is 0 Å². The van der Waals surface area contributed by atoms with E-state index in [4.69, 9.17) is 15.0 Å². The highest BCUT2D eigenvalue weighted by molar-refractivity contribution is 5.61. The molecule has 1 aromatic carbocycles. The van der Waals surface area contributed by atoms with Crippen molar-refractivity contribution in [3.05, 3.63) is 35.9 Å². The van der Waals surface area contributed by atoms with Gasteiger partial charge in [-0.1, -0.05) is 29.4 Å². The number of rotatable bonds is 5. The van der Waals surface area contributed by atoms with Gasteiger partial charge in [-0.2, -0.15) is 0 Å². The van der Waals surface area contributed by atoms with E-state index in [0.29, 0.717) is 12.0 Å². The lowest BCUT2D eigenvalue weighted by atomic mass is 10.0. The molecule has 0 saturated heterocycles. The summed E-state index contributed by atoms with van der Waals surface area (Å²) in [5, 5.41) is 3.88. The van der Waals surface area contributed by atoms with Crippen LogP contribution in [-0.4, -0.2) is 18.4 Å². The van der Waals surface area contributed by atoms with Crippen LogP contribution in [0.15, 0.2) is 34.9 Å². The number of nitrogens with zero attached hydrogens (tertiary/aromatic N) is 1. The molecule has 1 aromatic heterocycles. The summed E-state index contributed by atoms with van der Waals surface area (Å²) in [7, 11) is 1.74. The van der Waals surface area contributed by atoms with Crippen molar-refractivity contribution in [3.63, 3.8) is 0 Å². The molecule has 1 unspecified atom stereocenters. The zero-order valence-electron chi connectivity index (χ0n) is 10.7. The molecule has 4 heteroatoms. The molecule has 4 nitrogen and oxygen atoms in total. The van der Waals surface area contributed by atoms with E-state index in [-0.39, 0.29) is 0 Å². The molecule has 0 spiro atoms. The van der Waals surface area contributed by atoms with Gasteiger partial charge in [0.1, 0.15) is 5.69 Å². The van der Waals surface area contributed by atoms with Crippen LogP contribution in [0.25, 0.3) is 11.3 Å². The van der Waals surface area contributed by atoms with Crippen LogP contribution in [0.5, 0.6) is 0 Å². The number of anilines is 1. The number of hydrogen-bond donors (Lipinski definition) is 1. The molecule has 2 N–H and O–H groups in total. The summed E-state index contributed by atoms with van der Waals surface area (Å²) in [6.45, 7) is 2.08. The van der Waals surface area contributed by atoms with Crippen molar-refractivity contribution in [2.45, 2.75) is 25.9 Å². The van der Waals surface area contributed by atoms with Gasteiger partial charge < -0.3 is 15.0 Å². The van der Waals surface area contributed by atoms with Crippen LogP contribution >= 0.6 is 0 Å². The van der Waals surface area contributed by atoms with Gasteiger partial charge in [-0.25, -0.2) is 0 Å². The van der Waals surface area contributed by atoms with Gasteiger partial charge in [-0.05, 0) is 25.3 Å². The van der Waals surface area contributed by atoms with Crippen LogP contribution in [0.4, 0.5) is 5.88 Å². The van der Waals surface area contributed by atoms with Gasteiger partial charge in [-0.3, -0.25) is 0 Å². The van der Waals surface area contributed by atoms with Crippen LogP contribution in [-0.2, 0) is 11.2 Å². The Labute approximate surface area is 107 Å². The fraction of sp³-hybridized carbons (Fsp3) is 0.357. The highest BCUT2D eigenvalue weighted by atomic mass is 16.5. The molecule has 0 amide bonds. The smallest absolute Gasteiger partial charge is 0.222 e. The Balaban J connectivity index is 2.01. The molecule has 0 saturated carbocycles. The predicted molar refractivity (Wildman–Crippen MR) is 71.1 cm³/mol. The van der Waals surface area contributed by atoms with Crippen LogP contribution < -0.4 is 5.73 Å². The monoisotopic (exact) mass is 246 g/mol. The van der Waals surface area contributed by atoms with E-state index in [0.717, 1.165) is 24.1 Å². The van der Waals surface area contributed by atoms with Gasteiger partial charge >= 0.3 is 0 Å². The largest absolute Gasteiger partial charge is 0.382 e. The van der Waals surface area contributed by atoms with E-state index in [1.54, 1.807) is 13.2 Å². The van der Waals surface area contributed by atoms with E-state index < -0.39 is 0 Å². The van der Waals surface area contributed by atoms with E-state index in [2.05, 4.69) is 24.2 Å². The first-order chi connectivity index (χ1) is 8.69. The first-order valence-corrected chi connectivity index (χ1v) is 6.03. The molecule has 2 rings (SSSR count). The Kier molecular flexibility index (Phi) is 3.99. The third-order valence-electron chi connectivity index (χ3n) is 3.02. The molecule has 0 aliphatic rings. The van der Waals surface area contributed by atoms with Gasteiger partial charge in [0, 0.05) is 18.7 Å². The molecule has 1 heterocycles. The summed E-state index contributed by atoms with van der Waals surface area (Å²) in [6.07, 6.45) is 2.32. The molecule has 0 aliphatic heterocycles. The van der Waals surface area contributed by atoms with Crippen molar-refractivity contribution < 1.29 is 9.26 Å². The topological polar surface area (TPSA) is 61.3 Å². The number of benzene rings is 1. The lowest BCUT2D eigenvalue weighted by molar-refractivity contribution is 0.111. The number of ether oxygens (including phenoxy) is 1. The molecule has 1 atom stereocenters. The molecule has 0 radical (unpaired) electrons. The normalized spacial score (nSPS) is 12.6. The van der Waals surface area contributed by atoms with Crippen molar-refractivity contribution >= 4 is 5.88 Å². The average Bonchev–Trinajstić information content (AvgIpc) is 2.83. The van der Waals surface area contributed by atoms with Crippen molar-refractivity contribution in [2.24, 2.45) is 0 Å². The number of methoxy groups -OCH3 is 1. The van der Waals surface area contributed by atoms with Crippen LogP contribution in [0.3, 0.4) is 0 Å². The second kappa shape index (κ2) is 5.69. The van der Waals surface area contributed by atoms with Crippen molar-refractivity contribution in [2.75, 3.05) is 12.8 Å². The lowest BCUT2D eigenvalue weighted by Crippen LogP contribution is -2.05. The minimum atomic E-state index is 0.292. The van der Waals surface area contributed by atoms with E-state index in [9.17, 15) is 0 Å². The first kappa shape index (κ1) is 12.6. The van der Waals surface area contributed by atoms with Gasteiger partial charge in [0.2, 0.25) is 5.88 Å². The van der Waals surface area contributed by atoms with Crippen LogP contribution in [0.2, 0.25) is 0 Å². The molecule has 0 bridgehead atoms. The maximum atomic E-state index is 5.50. The molecular formula is C14H18N2O2. The minimum absolute atomic E-state index is 0.292. The van der Waals surface area contributed by atoms with Crippen molar-refractivity contribution in [1.29, 1.82) is 0 Å². The maximum Gasteiger partial charge on any atom is 0.222 e. The van der Waals surface area contributed by atoms with E-state index in [1.165, 1.54) is 5.56 Å². The Morgan fingerprint density at radius 3 is 2.61 bits per heavy atom. The molecule has 18 heavy (non-hydrogen) atoms. The van der Waals surface area contributed by atoms with Crippen LogP contribution in [0, 0.1) is 0 Å². The summed E-state index contributed by atoms with van der Waals surface area (Å²) in [6, 6.07) is 9.99. The summed E-state index contributed by atoms with van der Waals surface area (Å²) < 4.78 is 10.1. The van der Waals surface area contributed by atoms with E-state index in [1.807, 2.05) is 12.1 Å². The van der Waals surface area contributed by atoms with Crippen LogP contribution in [0.1, 0.15) is 18.9 Å². The number of aryl methyl sites for hydroxylation is 1. The Morgan fingerprint density at radius 1 is 1.33 bits per heavy atom. The second-order valence-corrected chi connectivity index (χ2v) is 4.40. The third-order valence-corrected chi connectivity index (χ3v) is 3.02. The molecular weight excluding hydrogens is 228 g/mol. The van der Waals surface area contributed by atoms with Gasteiger partial charge in [-0.15, -0.1) is 0 Å². The standard InChI is InChI=1S/C14H18N2O2/c1-10(17-2)3-4-11-5-7-12(8-6-11)13-9-14(15)18-16-13/h5-10H,3-4,15H2,1-2H3. The fourth-order valence-electron chi connectivity index (χ4n) is 1.76. The zero-order chi connectivity index (χ0) is 13.0. The third kappa shape index (κ3) is 3.11. The Hall–Kier alpha value is -1.81. The molecule has 0 fully saturated rings. The van der Waals surface area contributed by atoms with Gasteiger partial charge in [0.25, 0.3) is 0 Å². The summed E-state index contributed by atoms with van der Waals surface area (Å²) in [5.74, 6) is 0.336. The first-order valence-electron chi connectivity index (χ1n) is 6.03. The fourth-order valence-corrected chi connectivity index (χ4v) is 1.76. The number of nitrogen functional groups attached to an aromatic ring is 1. The summed E-state index contributed by atoms with van der Waals surface area (Å²) in [5.41, 5.74) is 8.57. The SMILES string of the molecule is COC(C)CCc1ccc(-c2cc(N)on2)cc1. The molecule has 96 valence electrons.